The molecule has 0 radical (unpaired) electrons. The van der Waals surface area contributed by atoms with Gasteiger partial charge in [0, 0.05) is 45.3 Å². The smallest absolute Gasteiger partial charge is 0.191 e. The Labute approximate surface area is 197 Å². The van der Waals surface area contributed by atoms with Crippen LogP contribution in [-0.2, 0) is 6.42 Å². The molecule has 3 heterocycles. The number of para-hydroxylation sites is 1. The highest BCUT2D eigenvalue weighted by Gasteiger charge is 2.27. The second-order valence-electron chi connectivity index (χ2n) is 7.29. The number of aliphatic imine (C=N–C) groups is 1. The lowest BCUT2D eigenvalue weighted by molar-refractivity contribution is 0.575. The lowest BCUT2D eigenvalue weighted by Gasteiger charge is -2.21. The highest BCUT2D eigenvalue weighted by molar-refractivity contribution is 14.0. The van der Waals surface area contributed by atoms with Gasteiger partial charge in [0.05, 0.1) is 0 Å². The van der Waals surface area contributed by atoms with E-state index in [1.165, 1.54) is 18.2 Å². The normalized spacial score (nSPS) is 16.4. The monoisotopic (exact) mass is 541 g/mol. The number of benzene rings is 1. The van der Waals surface area contributed by atoms with E-state index in [9.17, 15) is 8.78 Å². The number of halogens is 3. The van der Waals surface area contributed by atoms with E-state index < -0.39 is 11.6 Å². The third-order valence-corrected chi connectivity index (χ3v) is 5.26. The van der Waals surface area contributed by atoms with E-state index in [2.05, 4.69) is 25.8 Å². The Bertz CT molecular complexity index is 1020. The summed E-state index contributed by atoms with van der Waals surface area (Å²) in [5.74, 6) is 0.550. The van der Waals surface area contributed by atoms with Crippen molar-refractivity contribution in [2.24, 2.45) is 4.99 Å². The molecule has 0 aliphatic carbocycles. The summed E-state index contributed by atoms with van der Waals surface area (Å²) in [5, 5.41) is 15.0. The van der Waals surface area contributed by atoms with Crippen LogP contribution in [0.4, 0.5) is 14.5 Å². The molecule has 1 unspecified atom stereocenters. The number of hydrogen-bond acceptors (Lipinski definition) is 4. The fraction of sp³-hybridized carbons (Fsp3) is 0.381. The molecule has 1 atom stereocenters. The van der Waals surface area contributed by atoms with Crippen molar-refractivity contribution in [1.82, 2.24) is 25.2 Å². The maximum atomic E-state index is 14.0. The summed E-state index contributed by atoms with van der Waals surface area (Å²) in [6.07, 6.45) is 4.40. The quantitative estimate of drug-likeness (QED) is 0.218. The Hall–Kier alpha value is -2.50. The zero-order valence-corrected chi connectivity index (χ0v) is 19.6. The van der Waals surface area contributed by atoms with E-state index in [1.807, 2.05) is 28.8 Å². The molecule has 2 aromatic heterocycles. The largest absolute Gasteiger partial charge is 0.365 e. The Morgan fingerprint density at radius 2 is 1.97 bits per heavy atom. The summed E-state index contributed by atoms with van der Waals surface area (Å²) in [6, 6.07) is 9.86. The van der Waals surface area contributed by atoms with E-state index in [0.29, 0.717) is 19.0 Å². The van der Waals surface area contributed by atoms with Gasteiger partial charge in [-0.25, -0.2) is 8.78 Å². The van der Waals surface area contributed by atoms with Gasteiger partial charge in [0.25, 0.3) is 0 Å². The van der Waals surface area contributed by atoms with Crippen molar-refractivity contribution in [2.75, 3.05) is 31.6 Å². The minimum Gasteiger partial charge on any atom is -0.365 e. The van der Waals surface area contributed by atoms with Crippen LogP contribution >= 0.6 is 24.0 Å². The highest BCUT2D eigenvalue weighted by atomic mass is 127. The van der Waals surface area contributed by atoms with Gasteiger partial charge >= 0.3 is 0 Å². The van der Waals surface area contributed by atoms with Gasteiger partial charge in [-0.15, -0.1) is 34.2 Å². The van der Waals surface area contributed by atoms with Gasteiger partial charge in [-0.1, -0.05) is 12.1 Å². The number of nitrogens with zero attached hydrogens (tertiary/aromatic N) is 5. The van der Waals surface area contributed by atoms with Crippen LogP contribution in [0, 0.1) is 11.6 Å². The van der Waals surface area contributed by atoms with Gasteiger partial charge in [0.1, 0.15) is 23.1 Å². The molecule has 166 valence electrons. The molecular formula is C21H26F2IN7. The average Bonchev–Trinajstić information content (AvgIpc) is 3.37. The Morgan fingerprint density at radius 3 is 2.74 bits per heavy atom. The number of aryl methyl sites for hydroxylation is 1. The summed E-state index contributed by atoms with van der Waals surface area (Å²) >= 11 is 0. The molecule has 3 aromatic rings. The highest BCUT2D eigenvalue weighted by Crippen LogP contribution is 2.26. The number of pyridine rings is 1. The van der Waals surface area contributed by atoms with Crippen LogP contribution in [0.2, 0.25) is 0 Å². The fourth-order valence-electron chi connectivity index (χ4n) is 3.77. The molecular weight excluding hydrogens is 515 g/mol. The molecule has 1 aliphatic heterocycles. The second kappa shape index (κ2) is 10.7. The van der Waals surface area contributed by atoms with Gasteiger partial charge in [0.15, 0.2) is 11.6 Å². The number of rotatable bonds is 6. The fourth-order valence-corrected chi connectivity index (χ4v) is 3.77. The zero-order valence-electron chi connectivity index (χ0n) is 17.3. The van der Waals surface area contributed by atoms with Crippen molar-refractivity contribution in [1.29, 1.82) is 0 Å². The van der Waals surface area contributed by atoms with Gasteiger partial charge in [-0.2, -0.15) is 0 Å². The van der Waals surface area contributed by atoms with Gasteiger partial charge in [-0.3, -0.25) is 9.39 Å². The number of hydrogen-bond donors (Lipinski definition) is 2. The van der Waals surface area contributed by atoms with Crippen LogP contribution in [0.1, 0.15) is 18.7 Å². The topological polar surface area (TPSA) is 69.8 Å². The van der Waals surface area contributed by atoms with Crippen LogP contribution in [0.15, 0.2) is 47.6 Å². The standard InChI is InChI=1S/C21H25F2N7.HI/c1-24-21(25-11-5-9-19-28-27-18-8-2-3-12-30(18)19)26-15-10-13-29(14-15)20-16(22)6-4-7-17(20)23;/h2-4,6-8,12,15H,5,9-11,13-14H2,1H3,(H2,24,25,26);1H. The maximum Gasteiger partial charge on any atom is 0.191 e. The molecule has 0 bridgehead atoms. The minimum atomic E-state index is -0.529. The van der Waals surface area contributed by atoms with E-state index in [-0.39, 0.29) is 35.7 Å². The summed E-state index contributed by atoms with van der Waals surface area (Å²) in [7, 11) is 1.71. The number of guanidine groups is 1. The molecule has 10 heteroatoms. The summed E-state index contributed by atoms with van der Waals surface area (Å²) in [4.78, 5) is 6.01. The molecule has 0 amide bonds. The van der Waals surface area contributed by atoms with Crippen LogP contribution in [0.25, 0.3) is 5.65 Å². The Balaban J connectivity index is 0.00000272. The molecule has 1 aromatic carbocycles. The van der Waals surface area contributed by atoms with Crippen LogP contribution in [-0.4, -0.2) is 53.3 Å². The third-order valence-electron chi connectivity index (χ3n) is 5.26. The molecule has 1 fully saturated rings. The zero-order chi connectivity index (χ0) is 20.9. The van der Waals surface area contributed by atoms with Crippen molar-refractivity contribution in [3.05, 3.63) is 60.1 Å². The molecule has 0 spiro atoms. The predicted octanol–water partition coefficient (Wildman–Crippen LogP) is 3.00. The molecule has 4 rings (SSSR count). The van der Waals surface area contributed by atoms with E-state index >= 15 is 0 Å². The lowest BCUT2D eigenvalue weighted by Crippen LogP contribution is -2.45. The SMILES string of the molecule is CN=C(NCCCc1nnc2ccccn12)NC1CCN(c2c(F)cccc2F)C1.I. The van der Waals surface area contributed by atoms with Crippen LogP contribution in [0.5, 0.6) is 0 Å². The molecule has 31 heavy (non-hydrogen) atoms. The first kappa shape index (κ1) is 23.2. The first-order chi connectivity index (χ1) is 14.7. The minimum absolute atomic E-state index is 0. The van der Waals surface area contributed by atoms with Crippen molar-refractivity contribution in [2.45, 2.75) is 25.3 Å². The molecule has 1 aliphatic rings. The summed E-state index contributed by atoms with van der Waals surface area (Å²) in [6.45, 7) is 1.83. The Kier molecular flexibility index (Phi) is 7.99. The van der Waals surface area contributed by atoms with E-state index in [0.717, 1.165) is 37.3 Å². The van der Waals surface area contributed by atoms with Gasteiger partial charge < -0.3 is 15.5 Å². The van der Waals surface area contributed by atoms with Gasteiger partial charge in [0.2, 0.25) is 0 Å². The first-order valence-electron chi connectivity index (χ1n) is 10.1. The van der Waals surface area contributed by atoms with Crippen molar-refractivity contribution < 1.29 is 8.78 Å². The Morgan fingerprint density at radius 1 is 1.16 bits per heavy atom. The number of nitrogens with one attached hydrogen (secondary N) is 2. The molecule has 2 N–H and O–H groups in total. The van der Waals surface area contributed by atoms with Crippen LogP contribution in [0.3, 0.4) is 0 Å². The predicted molar refractivity (Wildman–Crippen MR) is 128 cm³/mol. The lowest BCUT2D eigenvalue weighted by atomic mass is 10.2. The van der Waals surface area contributed by atoms with Crippen LogP contribution < -0.4 is 15.5 Å². The van der Waals surface area contributed by atoms with E-state index in [4.69, 9.17) is 0 Å². The molecule has 0 saturated carbocycles. The molecule has 1 saturated heterocycles. The molecule has 7 nitrogen and oxygen atoms in total. The maximum absolute atomic E-state index is 14.0. The average molecular weight is 541 g/mol. The second-order valence-corrected chi connectivity index (χ2v) is 7.29. The number of anilines is 1. The van der Waals surface area contributed by atoms with Crippen molar-refractivity contribution >= 4 is 41.3 Å². The van der Waals surface area contributed by atoms with Gasteiger partial charge in [-0.05, 0) is 37.1 Å². The number of fused-ring (bicyclic) bond motifs is 1. The summed E-state index contributed by atoms with van der Waals surface area (Å²) in [5.41, 5.74) is 0.889. The first-order valence-corrected chi connectivity index (χ1v) is 10.1. The summed E-state index contributed by atoms with van der Waals surface area (Å²) < 4.78 is 30.0. The number of aromatic nitrogens is 3. The van der Waals surface area contributed by atoms with E-state index in [1.54, 1.807) is 11.9 Å². The van der Waals surface area contributed by atoms with Crippen molar-refractivity contribution in [3.63, 3.8) is 0 Å². The third kappa shape index (κ3) is 5.41. The van der Waals surface area contributed by atoms with Crippen molar-refractivity contribution in [3.8, 4) is 0 Å².